The summed E-state index contributed by atoms with van der Waals surface area (Å²) in [5.41, 5.74) is 11.1. The van der Waals surface area contributed by atoms with Crippen LogP contribution in [-0.2, 0) is 19.6 Å². The van der Waals surface area contributed by atoms with Crippen LogP contribution in [0.25, 0.3) is 0 Å². The van der Waals surface area contributed by atoms with Gasteiger partial charge < -0.3 is 10.5 Å². The van der Waals surface area contributed by atoms with Crippen molar-refractivity contribution in [1.82, 2.24) is 9.78 Å². The summed E-state index contributed by atoms with van der Waals surface area (Å²) in [5, 5.41) is 4.58. The second-order valence-corrected chi connectivity index (χ2v) is 5.96. The van der Waals surface area contributed by atoms with Gasteiger partial charge >= 0.3 is 0 Å². The monoisotopic (exact) mass is 351 g/mol. The molecule has 114 valence electrons. The molecule has 0 aliphatic rings. The second-order valence-electron chi connectivity index (χ2n) is 5.17. The van der Waals surface area contributed by atoms with Crippen molar-refractivity contribution in [2.24, 2.45) is 0 Å². The zero-order valence-corrected chi connectivity index (χ0v) is 14.6. The van der Waals surface area contributed by atoms with Crippen LogP contribution in [-0.4, -0.2) is 9.78 Å². The van der Waals surface area contributed by atoms with Crippen LogP contribution < -0.4 is 10.5 Å². The SMILES string of the molecule is CCc1nn(CC)c(COc2c(C)cc(C)cc2N)c1Br. The fraction of sp³-hybridized carbons (Fsp3) is 0.438. The van der Waals surface area contributed by atoms with Crippen LogP contribution in [0.1, 0.15) is 36.4 Å². The highest BCUT2D eigenvalue weighted by Gasteiger charge is 2.15. The lowest BCUT2D eigenvalue weighted by Crippen LogP contribution is -2.08. The molecule has 4 nitrogen and oxygen atoms in total. The number of benzene rings is 1. The van der Waals surface area contributed by atoms with E-state index in [1.807, 2.05) is 24.6 Å². The number of halogens is 1. The predicted molar refractivity (Wildman–Crippen MR) is 89.6 cm³/mol. The first-order valence-electron chi connectivity index (χ1n) is 7.21. The molecule has 0 saturated heterocycles. The van der Waals surface area contributed by atoms with Gasteiger partial charge in [0.2, 0.25) is 0 Å². The topological polar surface area (TPSA) is 53.1 Å². The third-order valence-electron chi connectivity index (χ3n) is 3.50. The maximum atomic E-state index is 6.07. The van der Waals surface area contributed by atoms with Crippen LogP contribution in [0.5, 0.6) is 5.75 Å². The fourth-order valence-electron chi connectivity index (χ4n) is 2.48. The Hall–Kier alpha value is -1.49. The summed E-state index contributed by atoms with van der Waals surface area (Å²) in [5.74, 6) is 0.759. The number of nitrogen functional groups attached to an aromatic ring is 1. The van der Waals surface area contributed by atoms with Crippen LogP contribution in [0.2, 0.25) is 0 Å². The van der Waals surface area contributed by atoms with Gasteiger partial charge in [0.15, 0.2) is 0 Å². The number of hydrogen-bond donors (Lipinski definition) is 1. The molecule has 0 fully saturated rings. The van der Waals surface area contributed by atoms with Gasteiger partial charge in [0.25, 0.3) is 0 Å². The molecule has 2 N–H and O–H groups in total. The van der Waals surface area contributed by atoms with Crippen molar-refractivity contribution in [3.8, 4) is 5.75 Å². The van der Waals surface area contributed by atoms with Crippen molar-refractivity contribution in [2.45, 2.75) is 47.3 Å². The highest BCUT2D eigenvalue weighted by molar-refractivity contribution is 9.10. The van der Waals surface area contributed by atoms with E-state index in [1.54, 1.807) is 0 Å². The number of nitrogens with zero attached hydrogens (tertiary/aromatic N) is 2. The lowest BCUT2D eigenvalue weighted by atomic mass is 10.1. The van der Waals surface area contributed by atoms with Gasteiger partial charge in [-0.1, -0.05) is 13.0 Å². The van der Waals surface area contributed by atoms with E-state index in [1.165, 1.54) is 0 Å². The first-order chi connectivity index (χ1) is 9.97. The van der Waals surface area contributed by atoms with Gasteiger partial charge in [-0.3, -0.25) is 4.68 Å². The van der Waals surface area contributed by atoms with Gasteiger partial charge in [-0.2, -0.15) is 5.10 Å². The van der Waals surface area contributed by atoms with Crippen molar-refractivity contribution < 1.29 is 4.74 Å². The smallest absolute Gasteiger partial charge is 0.145 e. The van der Waals surface area contributed by atoms with Crippen LogP contribution in [0.15, 0.2) is 16.6 Å². The van der Waals surface area contributed by atoms with Crippen molar-refractivity contribution in [1.29, 1.82) is 0 Å². The van der Waals surface area contributed by atoms with E-state index >= 15 is 0 Å². The van der Waals surface area contributed by atoms with Crippen LogP contribution >= 0.6 is 15.9 Å². The van der Waals surface area contributed by atoms with Crippen molar-refractivity contribution in [3.05, 3.63) is 39.1 Å². The number of rotatable bonds is 5. The van der Waals surface area contributed by atoms with E-state index in [9.17, 15) is 0 Å². The average Bonchev–Trinajstić information content (AvgIpc) is 2.73. The maximum absolute atomic E-state index is 6.07. The Morgan fingerprint density at radius 3 is 2.57 bits per heavy atom. The highest BCUT2D eigenvalue weighted by atomic mass is 79.9. The highest BCUT2D eigenvalue weighted by Crippen LogP contribution is 2.30. The number of aryl methyl sites for hydroxylation is 4. The Morgan fingerprint density at radius 1 is 1.29 bits per heavy atom. The number of nitrogens with two attached hydrogens (primary N) is 1. The molecule has 1 aromatic carbocycles. The molecule has 21 heavy (non-hydrogen) atoms. The molecule has 0 aliphatic carbocycles. The fourth-order valence-corrected chi connectivity index (χ4v) is 3.16. The second kappa shape index (κ2) is 6.52. The Balaban J connectivity index is 2.26. The number of aromatic nitrogens is 2. The molecule has 0 saturated carbocycles. The summed E-state index contributed by atoms with van der Waals surface area (Å²) >= 11 is 3.63. The lowest BCUT2D eigenvalue weighted by Gasteiger charge is -2.13. The van der Waals surface area contributed by atoms with Gasteiger partial charge in [0, 0.05) is 6.54 Å². The molecule has 0 amide bonds. The Bertz CT molecular complexity index is 626. The molecule has 1 aromatic heterocycles. The quantitative estimate of drug-likeness (QED) is 0.828. The minimum absolute atomic E-state index is 0.454. The molecule has 0 atom stereocenters. The molecule has 5 heteroatoms. The Labute approximate surface area is 134 Å². The Morgan fingerprint density at radius 2 is 2.00 bits per heavy atom. The largest absolute Gasteiger partial charge is 0.485 e. The van der Waals surface area contributed by atoms with Crippen molar-refractivity contribution in [2.75, 3.05) is 5.73 Å². The molecule has 0 radical (unpaired) electrons. The summed E-state index contributed by atoms with van der Waals surface area (Å²) in [6.45, 7) is 9.49. The standard InChI is InChI=1S/C16H22BrN3O/c1-5-13-15(17)14(20(6-2)19-13)9-21-16-11(4)7-10(3)8-12(16)18/h7-8H,5-6,9,18H2,1-4H3. The van der Waals surface area contributed by atoms with Crippen LogP contribution in [0.4, 0.5) is 5.69 Å². The van der Waals surface area contributed by atoms with Gasteiger partial charge in [-0.15, -0.1) is 0 Å². The van der Waals surface area contributed by atoms with E-state index in [4.69, 9.17) is 10.5 Å². The molecule has 0 spiro atoms. The first kappa shape index (κ1) is 15.9. The van der Waals surface area contributed by atoms with Crippen LogP contribution in [0, 0.1) is 13.8 Å². The minimum Gasteiger partial charge on any atom is -0.485 e. The van der Waals surface area contributed by atoms with Crippen LogP contribution in [0.3, 0.4) is 0 Å². The maximum Gasteiger partial charge on any atom is 0.145 e. The Kier molecular flexibility index (Phi) is 4.93. The van der Waals surface area contributed by atoms with E-state index in [2.05, 4.69) is 40.9 Å². The molecular weight excluding hydrogens is 330 g/mol. The van der Waals surface area contributed by atoms with E-state index in [-0.39, 0.29) is 0 Å². The normalized spacial score (nSPS) is 10.9. The summed E-state index contributed by atoms with van der Waals surface area (Å²) in [7, 11) is 0. The summed E-state index contributed by atoms with van der Waals surface area (Å²) in [4.78, 5) is 0. The zero-order valence-electron chi connectivity index (χ0n) is 13.0. The third-order valence-corrected chi connectivity index (χ3v) is 4.41. The first-order valence-corrected chi connectivity index (χ1v) is 8.00. The molecule has 0 bridgehead atoms. The molecule has 2 rings (SSSR count). The molecule has 2 aromatic rings. The lowest BCUT2D eigenvalue weighted by molar-refractivity contribution is 0.291. The van der Waals surface area contributed by atoms with Gasteiger partial charge in [-0.05, 0) is 60.3 Å². The number of anilines is 1. The van der Waals surface area contributed by atoms with Gasteiger partial charge in [0.05, 0.1) is 21.5 Å². The predicted octanol–water partition coefficient (Wildman–Crippen LogP) is 4.01. The van der Waals surface area contributed by atoms with Crippen molar-refractivity contribution in [3.63, 3.8) is 0 Å². The molecule has 0 unspecified atom stereocenters. The zero-order chi connectivity index (χ0) is 15.6. The van der Waals surface area contributed by atoms with Gasteiger partial charge in [0.1, 0.15) is 12.4 Å². The summed E-state index contributed by atoms with van der Waals surface area (Å²) < 4.78 is 8.99. The molecule has 1 heterocycles. The summed E-state index contributed by atoms with van der Waals surface area (Å²) in [6.07, 6.45) is 0.895. The van der Waals surface area contributed by atoms with E-state index in [0.717, 1.165) is 45.7 Å². The number of ether oxygens (including phenoxy) is 1. The average molecular weight is 352 g/mol. The summed E-state index contributed by atoms with van der Waals surface area (Å²) in [6, 6.07) is 4.02. The van der Waals surface area contributed by atoms with Gasteiger partial charge in [-0.25, -0.2) is 0 Å². The van der Waals surface area contributed by atoms with Crippen molar-refractivity contribution >= 4 is 21.6 Å². The molecule has 0 aliphatic heterocycles. The van der Waals surface area contributed by atoms with E-state index < -0.39 is 0 Å². The molecular formula is C16H22BrN3O. The van der Waals surface area contributed by atoms with E-state index in [0.29, 0.717) is 12.3 Å². The minimum atomic E-state index is 0.454. The third kappa shape index (κ3) is 3.23. The number of hydrogen-bond acceptors (Lipinski definition) is 3.